The van der Waals surface area contributed by atoms with Crippen LogP contribution in [0.4, 0.5) is 0 Å². The van der Waals surface area contributed by atoms with E-state index in [1.54, 1.807) is 11.5 Å². The first-order valence-corrected chi connectivity index (χ1v) is 6.09. The lowest BCUT2D eigenvalue weighted by Crippen LogP contribution is -2.20. The van der Waals surface area contributed by atoms with Gasteiger partial charge >= 0.3 is 5.97 Å². The molecule has 9 heteroatoms. The summed E-state index contributed by atoms with van der Waals surface area (Å²) >= 11 is 1.08. The summed E-state index contributed by atoms with van der Waals surface area (Å²) in [7, 11) is 0. The molecule has 1 rings (SSSR count). The van der Waals surface area contributed by atoms with E-state index < -0.39 is 11.9 Å². The van der Waals surface area contributed by atoms with Gasteiger partial charge in [0.2, 0.25) is 5.91 Å². The molecule has 0 aliphatic carbocycles. The van der Waals surface area contributed by atoms with Crippen molar-refractivity contribution in [2.24, 2.45) is 5.73 Å². The molecule has 0 atom stereocenters. The molecule has 100 valence electrons. The third-order valence-electron chi connectivity index (χ3n) is 1.93. The molecule has 0 aliphatic heterocycles. The van der Waals surface area contributed by atoms with E-state index in [-0.39, 0.29) is 19.0 Å². The Balaban J connectivity index is 2.50. The summed E-state index contributed by atoms with van der Waals surface area (Å²) in [5.41, 5.74) is 4.93. The Morgan fingerprint density at radius 2 is 2.22 bits per heavy atom. The second-order valence-corrected chi connectivity index (χ2v) is 4.33. The van der Waals surface area contributed by atoms with Crippen LogP contribution in [-0.2, 0) is 20.9 Å². The second kappa shape index (κ2) is 6.97. The second-order valence-electron chi connectivity index (χ2n) is 3.38. The van der Waals surface area contributed by atoms with E-state index in [0.29, 0.717) is 17.5 Å². The van der Waals surface area contributed by atoms with E-state index in [4.69, 9.17) is 15.6 Å². The summed E-state index contributed by atoms with van der Waals surface area (Å²) in [5.74, 6) is -0.876. The highest BCUT2D eigenvalue weighted by molar-refractivity contribution is 7.99. The van der Waals surface area contributed by atoms with Gasteiger partial charge in [-0.3, -0.25) is 9.59 Å². The molecule has 18 heavy (non-hydrogen) atoms. The largest absolute Gasteiger partial charge is 0.481 e. The third-order valence-corrected chi connectivity index (χ3v) is 2.88. The Morgan fingerprint density at radius 3 is 2.83 bits per heavy atom. The Bertz CT molecular complexity index is 434. The number of aryl methyl sites for hydroxylation is 1. The van der Waals surface area contributed by atoms with E-state index >= 15 is 0 Å². The predicted molar refractivity (Wildman–Crippen MR) is 63.1 cm³/mol. The van der Waals surface area contributed by atoms with Gasteiger partial charge in [-0.05, 0) is 6.92 Å². The summed E-state index contributed by atoms with van der Waals surface area (Å²) < 4.78 is 6.76. The molecule has 0 fully saturated rings. The minimum atomic E-state index is -0.919. The molecular weight excluding hydrogens is 260 g/mol. The number of ether oxygens (including phenoxy) is 1. The zero-order valence-corrected chi connectivity index (χ0v) is 10.6. The maximum atomic E-state index is 10.5. The maximum absolute atomic E-state index is 10.5. The highest BCUT2D eigenvalue weighted by Crippen LogP contribution is 2.16. The fourth-order valence-corrected chi connectivity index (χ4v) is 1.91. The van der Waals surface area contributed by atoms with Crippen LogP contribution in [0.1, 0.15) is 5.82 Å². The number of nitrogens with zero attached hydrogens (tertiary/aromatic N) is 3. The lowest BCUT2D eigenvalue weighted by molar-refractivity contribution is -0.134. The number of aliphatic carboxylic acids is 1. The lowest BCUT2D eigenvalue weighted by Gasteiger charge is -2.07. The third kappa shape index (κ3) is 4.72. The molecule has 1 aromatic rings. The molecule has 3 N–H and O–H groups in total. The van der Waals surface area contributed by atoms with Crippen LogP contribution < -0.4 is 5.73 Å². The van der Waals surface area contributed by atoms with E-state index in [2.05, 4.69) is 10.2 Å². The van der Waals surface area contributed by atoms with E-state index in [1.807, 2.05) is 0 Å². The number of aromatic nitrogens is 3. The standard InChI is InChI=1S/C9H14N4O4S/c1-6-11-12-9(18-5-8(15)16)13(6)2-3-17-4-7(10)14/h2-5H2,1H3,(H2,10,14)(H,15,16). The SMILES string of the molecule is Cc1nnc(SCC(=O)O)n1CCOCC(N)=O. The van der Waals surface area contributed by atoms with Gasteiger partial charge in [-0.25, -0.2) is 0 Å². The van der Waals surface area contributed by atoms with Gasteiger partial charge in [0.15, 0.2) is 5.16 Å². The van der Waals surface area contributed by atoms with Crippen molar-refractivity contribution in [3.8, 4) is 0 Å². The lowest BCUT2D eigenvalue weighted by atomic mass is 10.6. The highest BCUT2D eigenvalue weighted by Gasteiger charge is 2.11. The average molecular weight is 274 g/mol. The number of carbonyl (C=O) groups excluding carboxylic acids is 1. The van der Waals surface area contributed by atoms with Crippen LogP contribution in [0.3, 0.4) is 0 Å². The number of carbonyl (C=O) groups is 2. The number of carboxylic acid groups (broad SMARTS) is 1. The molecule has 0 spiro atoms. The van der Waals surface area contributed by atoms with Crippen molar-refractivity contribution in [3.05, 3.63) is 5.82 Å². The van der Waals surface area contributed by atoms with Crippen LogP contribution in [0.25, 0.3) is 0 Å². The number of primary amides is 1. The maximum Gasteiger partial charge on any atom is 0.313 e. The molecule has 0 saturated carbocycles. The fraction of sp³-hybridized carbons (Fsp3) is 0.556. The van der Waals surface area contributed by atoms with Gasteiger partial charge in [-0.15, -0.1) is 10.2 Å². The summed E-state index contributed by atoms with van der Waals surface area (Å²) in [6.07, 6.45) is 0. The molecule has 0 bridgehead atoms. The number of amides is 1. The van der Waals surface area contributed by atoms with Crippen molar-refractivity contribution in [1.82, 2.24) is 14.8 Å². The smallest absolute Gasteiger partial charge is 0.313 e. The number of carboxylic acids is 1. The summed E-state index contributed by atoms with van der Waals surface area (Å²) in [4.78, 5) is 20.9. The fourth-order valence-electron chi connectivity index (χ4n) is 1.18. The molecule has 0 saturated heterocycles. The molecule has 1 amide bonds. The quantitative estimate of drug-likeness (QED) is 0.473. The van der Waals surface area contributed by atoms with Crippen molar-refractivity contribution in [2.45, 2.75) is 18.6 Å². The molecule has 0 aromatic carbocycles. The number of rotatable bonds is 8. The van der Waals surface area contributed by atoms with Gasteiger partial charge in [0, 0.05) is 6.54 Å². The first-order chi connectivity index (χ1) is 8.50. The van der Waals surface area contributed by atoms with Gasteiger partial charge in [0.05, 0.1) is 12.4 Å². The number of nitrogens with two attached hydrogens (primary N) is 1. The molecular formula is C9H14N4O4S. The van der Waals surface area contributed by atoms with Crippen LogP contribution in [0, 0.1) is 6.92 Å². The Hall–Kier alpha value is -1.61. The van der Waals surface area contributed by atoms with Crippen LogP contribution >= 0.6 is 11.8 Å². The summed E-state index contributed by atoms with van der Waals surface area (Å²) in [6.45, 7) is 2.33. The topological polar surface area (TPSA) is 120 Å². The average Bonchev–Trinajstić information content (AvgIpc) is 2.63. The molecule has 0 radical (unpaired) electrons. The van der Waals surface area contributed by atoms with Gasteiger partial charge in [0.1, 0.15) is 12.4 Å². The summed E-state index contributed by atoms with van der Waals surface area (Å²) in [6, 6.07) is 0. The first kappa shape index (κ1) is 14.5. The minimum absolute atomic E-state index is 0.0831. The van der Waals surface area contributed by atoms with E-state index in [9.17, 15) is 9.59 Å². The molecule has 1 aromatic heterocycles. The molecule has 1 heterocycles. The van der Waals surface area contributed by atoms with Gasteiger partial charge in [0.25, 0.3) is 0 Å². The van der Waals surface area contributed by atoms with Crippen molar-refractivity contribution >= 4 is 23.6 Å². The normalized spacial score (nSPS) is 10.5. The van der Waals surface area contributed by atoms with Crippen LogP contribution in [-0.4, -0.2) is 50.7 Å². The number of hydrogen-bond donors (Lipinski definition) is 2. The molecule has 8 nitrogen and oxygen atoms in total. The van der Waals surface area contributed by atoms with Gasteiger partial charge in [-0.1, -0.05) is 11.8 Å². The Labute approximate surface area is 108 Å². The number of thioether (sulfide) groups is 1. The van der Waals surface area contributed by atoms with Crippen molar-refractivity contribution in [1.29, 1.82) is 0 Å². The highest BCUT2D eigenvalue weighted by atomic mass is 32.2. The van der Waals surface area contributed by atoms with Gasteiger partial charge < -0.3 is 20.1 Å². The van der Waals surface area contributed by atoms with Crippen molar-refractivity contribution < 1.29 is 19.4 Å². The van der Waals surface area contributed by atoms with Gasteiger partial charge in [-0.2, -0.15) is 0 Å². The Morgan fingerprint density at radius 1 is 1.50 bits per heavy atom. The van der Waals surface area contributed by atoms with Crippen molar-refractivity contribution in [2.75, 3.05) is 19.0 Å². The van der Waals surface area contributed by atoms with E-state index in [0.717, 1.165) is 11.8 Å². The minimum Gasteiger partial charge on any atom is -0.481 e. The zero-order chi connectivity index (χ0) is 13.5. The molecule has 0 aliphatic rings. The Kier molecular flexibility index (Phi) is 5.59. The monoisotopic (exact) mass is 274 g/mol. The van der Waals surface area contributed by atoms with E-state index in [1.165, 1.54) is 0 Å². The number of hydrogen-bond acceptors (Lipinski definition) is 6. The first-order valence-electron chi connectivity index (χ1n) is 5.11. The van der Waals surface area contributed by atoms with Crippen LogP contribution in [0.5, 0.6) is 0 Å². The molecule has 0 unspecified atom stereocenters. The van der Waals surface area contributed by atoms with Crippen LogP contribution in [0.2, 0.25) is 0 Å². The van der Waals surface area contributed by atoms with Crippen LogP contribution in [0.15, 0.2) is 5.16 Å². The predicted octanol–water partition coefficient (Wildman–Crippen LogP) is -0.735. The van der Waals surface area contributed by atoms with Crippen molar-refractivity contribution in [3.63, 3.8) is 0 Å². The zero-order valence-electron chi connectivity index (χ0n) is 9.83. The summed E-state index contributed by atoms with van der Waals surface area (Å²) in [5, 5.41) is 16.8.